The average molecular weight is 388 g/mol. The summed E-state index contributed by atoms with van der Waals surface area (Å²) in [4.78, 5) is 21.8. The van der Waals surface area contributed by atoms with Crippen LogP contribution in [-0.4, -0.2) is 38.7 Å². The first-order valence-electron chi connectivity index (χ1n) is 10.8. The van der Waals surface area contributed by atoms with Gasteiger partial charge in [0, 0.05) is 12.2 Å². The highest BCUT2D eigenvalue weighted by Crippen LogP contribution is 2.46. The van der Waals surface area contributed by atoms with Gasteiger partial charge in [-0.25, -0.2) is 4.98 Å². The molecule has 154 valence electrons. The summed E-state index contributed by atoms with van der Waals surface area (Å²) in [5.74, 6) is 2.13. The Morgan fingerprint density at radius 1 is 1.29 bits per heavy atom. The number of carbonyl (C=O) groups excluding carboxylic acids is 1. The number of rotatable bonds is 4. The Labute approximate surface area is 167 Å². The molecule has 28 heavy (non-hydrogen) atoms. The van der Waals surface area contributed by atoms with Crippen molar-refractivity contribution < 1.29 is 14.6 Å². The van der Waals surface area contributed by atoms with Gasteiger partial charge in [-0.05, 0) is 83.0 Å². The van der Waals surface area contributed by atoms with E-state index in [1.807, 2.05) is 13.8 Å². The standard InChI is InChI=1S/C22H33N3O3/c1-13-8-15-9-16(11-22(3,27)10-15)19(13)25-20(26)18-12-23-14(2)24-21(18)28-17-6-4-5-7-17/h12-13,15-17,19,27H,4-11H2,1-3H3,(H,25,26)/t13?,15?,16?,19-,22-/m0/s1. The van der Waals surface area contributed by atoms with E-state index in [0.29, 0.717) is 35.0 Å². The number of fused-ring (bicyclic) bond motifs is 2. The molecule has 3 unspecified atom stereocenters. The monoisotopic (exact) mass is 387 g/mol. The van der Waals surface area contributed by atoms with Gasteiger partial charge in [0.25, 0.3) is 5.91 Å². The minimum Gasteiger partial charge on any atom is -0.474 e. The molecule has 0 saturated heterocycles. The van der Waals surface area contributed by atoms with Crippen molar-refractivity contribution in [2.75, 3.05) is 0 Å². The maximum Gasteiger partial charge on any atom is 0.258 e. The van der Waals surface area contributed by atoms with E-state index in [1.54, 1.807) is 6.20 Å². The van der Waals surface area contributed by atoms with Crippen LogP contribution in [0.1, 0.15) is 81.4 Å². The van der Waals surface area contributed by atoms with E-state index < -0.39 is 5.60 Å². The molecule has 6 heteroatoms. The summed E-state index contributed by atoms with van der Waals surface area (Å²) in [5.41, 5.74) is -0.199. The summed E-state index contributed by atoms with van der Waals surface area (Å²) in [5, 5.41) is 13.9. The Morgan fingerprint density at radius 2 is 2.04 bits per heavy atom. The molecule has 1 aromatic rings. The van der Waals surface area contributed by atoms with E-state index >= 15 is 0 Å². The Hall–Kier alpha value is -1.69. The van der Waals surface area contributed by atoms with Crippen LogP contribution in [0, 0.1) is 24.7 Å². The third kappa shape index (κ3) is 4.17. The number of aromatic nitrogens is 2. The molecule has 1 aromatic heterocycles. The van der Waals surface area contributed by atoms with E-state index in [2.05, 4.69) is 22.2 Å². The molecule has 3 saturated carbocycles. The molecule has 0 aliphatic heterocycles. The lowest BCUT2D eigenvalue weighted by Gasteiger charge is -2.49. The van der Waals surface area contributed by atoms with E-state index in [1.165, 1.54) is 12.8 Å². The summed E-state index contributed by atoms with van der Waals surface area (Å²) in [6.07, 6.45) is 9.85. The number of hydrogen-bond acceptors (Lipinski definition) is 5. The maximum atomic E-state index is 13.2. The van der Waals surface area contributed by atoms with Crippen LogP contribution >= 0.6 is 0 Å². The van der Waals surface area contributed by atoms with Crippen molar-refractivity contribution in [3.63, 3.8) is 0 Å². The van der Waals surface area contributed by atoms with Crippen LogP contribution in [0.5, 0.6) is 5.88 Å². The quantitative estimate of drug-likeness (QED) is 0.827. The molecule has 3 aliphatic rings. The molecular weight excluding hydrogens is 354 g/mol. The molecule has 1 amide bonds. The highest BCUT2D eigenvalue weighted by atomic mass is 16.5. The number of ether oxygens (including phenoxy) is 1. The number of aliphatic hydroxyl groups is 1. The first-order valence-corrected chi connectivity index (χ1v) is 10.8. The van der Waals surface area contributed by atoms with Crippen molar-refractivity contribution >= 4 is 5.91 Å². The van der Waals surface area contributed by atoms with Crippen LogP contribution in [0.2, 0.25) is 0 Å². The van der Waals surface area contributed by atoms with Gasteiger partial charge >= 0.3 is 0 Å². The number of hydrogen-bond donors (Lipinski definition) is 2. The second-order valence-electron chi connectivity index (χ2n) is 9.64. The third-order valence-corrected chi connectivity index (χ3v) is 6.89. The topological polar surface area (TPSA) is 84.3 Å². The Morgan fingerprint density at radius 3 is 2.79 bits per heavy atom. The van der Waals surface area contributed by atoms with E-state index in [9.17, 15) is 9.90 Å². The van der Waals surface area contributed by atoms with Crippen LogP contribution in [0.3, 0.4) is 0 Å². The van der Waals surface area contributed by atoms with Gasteiger partial charge in [0.05, 0.1) is 5.60 Å². The lowest BCUT2D eigenvalue weighted by Crippen LogP contribution is -2.54. The summed E-state index contributed by atoms with van der Waals surface area (Å²) in [6, 6.07) is 0.0659. The highest BCUT2D eigenvalue weighted by Gasteiger charge is 2.45. The van der Waals surface area contributed by atoms with Crippen LogP contribution in [0.15, 0.2) is 6.20 Å². The fourth-order valence-corrected chi connectivity index (χ4v) is 5.80. The van der Waals surface area contributed by atoms with Gasteiger partial charge in [-0.1, -0.05) is 6.92 Å². The largest absolute Gasteiger partial charge is 0.474 e. The molecule has 3 aliphatic carbocycles. The van der Waals surface area contributed by atoms with Crippen molar-refractivity contribution in [2.24, 2.45) is 17.8 Å². The minimum absolute atomic E-state index is 0.0659. The molecule has 2 N–H and O–H groups in total. The molecule has 5 atom stereocenters. The minimum atomic E-state index is -0.625. The van der Waals surface area contributed by atoms with Crippen LogP contribution in [0.25, 0.3) is 0 Å². The number of nitrogens with zero attached hydrogens (tertiary/aromatic N) is 2. The average Bonchev–Trinajstić information content (AvgIpc) is 3.10. The van der Waals surface area contributed by atoms with Gasteiger partial charge in [-0.3, -0.25) is 4.79 Å². The summed E-state index contributed by atoms with van der Waals surface area (Å²) >= 11 is 0. The van der Waals surface area contributed by atoms with Gasteiger partial charge < -0.3 is 15.2 Å². The van der Waals surface area contributed by atoms with Gasteiger partial charge in [-0.2, -0.15) is 4.98 Å². The summed E-state index contributed by atoms with van der Waals surface area (Å²) in [6.45, 7) is 5.96. The molecule has 0 spiro atoms. The highest BCUT2D eigenvalue weighted by molar-refractivity contribution is 5.96. The van der Waals surface area contributed by atoms with Crippen LogP contribution < -0.4 is 10.1 Å². The Bertz CT molecular complexity index is 728. The SMILES string of the molecule is Cc1ncc(C(=O)N[C@H]2C(C)CC3CC2C[C@@](C)(O)C3)c(OC2CCCC2)n1. The lowest BCUT2D eigenvalue weighted by molar-refractivity contribution is -0.0569. The molecule has 0 radical (unpaired) electrons. The van der Waals surface area contributed by atoms with E-state index in [0.717, 1.165) is 38.5 Å². The zero-order valence-electron chi connectivity index (χ0n) is 17.3. The maximum absolute atomic E-state index is 13.2. The zero-order valence-corrected chi connectivity index (χ0v) is 17.3. The summed E-state index contributed by atoms with van der Waals surface area (Å²) in [7, 11) is 0. The number of nitrogens with one attached hydrogen (secondary N) is 1. The molecule has 2 bridgehead atoms. The predicted molar refractivity (Wildman–Crippen MR) is 106 cm³/mol. The van der Waals surface area contributed by atoms with Gasteiger partial charge in [0.1, 0.15) is 17.5 Å². The normalized spacial score (nSPS) is 35.6. The van der Waals surface area contributed by atoms with E-state index in [4.69, 9.17) is 4.74 Å². The van der Waals surface area contributed by atoms with Crippen molar-refractivity contribution in [3.8, 4) is 5.88 Å². The van der Waals surface area contributed by atoms with Crippen molar-refractivity contribution in [1.29, 1.82) is 0 Å². The fourth-order valence-electron chi connectivity index (χ4n) is 5.80. The van der Waals surface area contributed by atoms with Crippen molar-refractivity contribution in [1.82, 2.24) is 15.3 Å². The molecule has 0 aromatic carbocycles. The van der Waals surface area contributed by atoms with Gasteiger partial charge in [0.15, 0.2) is 0 Å². The van der Waals surface area contributed by atoms with Gasteiger partial charge in [0.2, 0.25) is 5.88 Å². The zero-order chi connectivity index (χ0) is 19.9. The fraction of sp³-hybridized carbons (Fsp3) is 0.773. The second-order valence-corrected chi connectivity index (χ2v) is 9.64. The predicted octanol–water partition coefficient (Wildman–Crippen LogP) is 3.41. The van der Waals surface area contributed by atoms with Crippen LogP contribution in [-0.2, 0) is 0 Å². The van der Waals surface area contributed by atoms with Crippen molar-refractivity contribution in [3.05, 3.63) is 17.6 Å². The number of amides is 1. The molecule has 4 rings (SSSR count). The Kier molecular flexibility index (Phi) is 5.34. The second kappa shape index (κ2) is 7.62. The van der Waals surface area contributed by atoms with E-state index in [-0.39, 0.29) is 18.1 Å². The molecular formula is C22H33N3O3. The first kappa shape index (κ1) is 19.6. The molecule has 1 heterocycles. The van der Waals surface area contributed by atoms with Crippen molar-refractivity contribution in [2.45, 2.75) is 89.9 Å². The number of aryl methyl sites for hydroxylation is 1. The molecule has 3 fully saturated rings. The molecule has 6 nitrogen and oxygen atoms in total. The Balaban J connectivity index is 1.51. The van der Waals surface area contributed by atoms with Crippen LogP contribution in [0.4, 0.5) is 0 Å². The first-order chi connectivity index (χ1) is 13.3. The smallest absolute Gasteiger partial charge is 0.258 e. The lowest BCUT2D eigenvalue weighted by atomic mass is 9.61. The van der Waals surface area contributed by atoms with Gasteiger partial charge in [-0.15, -0.1) is 0 Å². The number of carbonyl (C=O) groups is 1. The third-order valence-electron chi connectivity index (χ3n) is 6.89. The summed E-state index contributed by atoms with van der Waals surface area (Å²) < 4.78 is 6.09.